The molecule has 0 atom stereocenters. The van der Waals surface area contributed by atoms with Gasteiger partial charge in [-0.1, -0.05) is 0 Å². The number of nitrogens with zero attached hydrogens (tertiary/aromatic N) is 1. The van der Waals surface area contributed by atoms with E-state index in [1.807, 2.05) is 6.92 Å². The molecule has 1 heterocycles. The summed E-state index contributed by atoms with van der Waals surface area (Å²) in [5.74, 6) is 0. The van der Waals surface area contributed by atoms with E-state index < -0.39 is 0 Å². The zero-order valence-corrected chi connectivity index (χ0v) is 7.87. The summed E-state index contributed by atoms with van der Waals surface area (Å²) in [6, 6.07) is 3.39. The fraction of sp³-hybridized carbons (Fsp3) is 0.222. The Bertz CT molecular complexity index is 537. The summed E-state index contributed by atoms with van der Waals surface area (Å²) in [6.45, 7) is 2.52. The first kappa shape index (κ1) is 8.68. The van der Waals surface area contributed by atoms with Crippen LogP contribution in [0.1, 0.15) is 6.92 Å². The zero-order chi connectivity index (χ0) is 10.3. The molecule has 0 aliphatic carbocycles. The van der Waals surface area contributed by atoms with Gasteiger partial charge in [-0.25, -0.2) is 4.79 Å². The van der Waals surface area contributed by atoms with Gasteiger partial charge in [0.05, 0.1) is 22.4 Å². The standard InChI is InChI=1S/C9H12N4O/c1-2-13-8-4-6(11)5(10)3-7(8)12-9(13)14/h3-4H,2,10-11H2,1H3,(H,12,14). The molecule has 0 bridgehead atoms. The van der Waals surface area contributed by atoms with E-state index in [1.165, 1.54) is 0 Å². The fourth-order valence-corrected chi connectivity index (χ4v) is 1.55. The summed E-state index contributed by atoms with van der Waals surface area (Å²) in [4.78, 5) is 14.1. The number of imidazole rings is 1. The first-order chi connectivity index (χ1) is 6.63. The number of fused-ring (bicyclic) bond motifs is 1. The van der Waals surface area contributed by atoms with Gasteiger partial charge >= 0.3 is 5.69 Å². The van der Waals surface area contributed by atoms with Crippen LogP contribution in [0.3, 0.4) is 0 Å². The second-order valence-corrected chi connectivity index (χ2v) is 3.17. The van der Waals surface area contributed by atoms with Crippen LogP contribution in [0.2, 0.25) is 0 Å². The molecule has 2 rings (SSSR count). The molecule has 0 saturated carbocycles. The van der Waals surface area contributed by atoms with Crippen LogP contribution in [-0.4, -0.2) is 9.55 Å². The molecule has 0 fully saturated rings. The Hall–Kier alpha value is -1.91. The zero-order valence-electron chi connectivity index (χ0n) is 7.87. The number of anilines is 2. The van der Waals surface area contributed by atoms with Gasteiger partial charge in [0.1, 0.15) is 0 Å². The first-order valence-corrected chi connectivity index (χ1v) is 4.41. The van der Waals surface area contributed by atoms with E-state index >= 15 is 0 Å². The van der Waals surface area contributed by atoms with Gasteiger partial charge in [-0.05, 0) is 19.1 Å². The Morgan fingerprint density at radius 2 is 2.00 bits per heavy atom. The van der Waals surface area contributed by atoms with Gasteiger partial charge in [-0.2, -0.15) is 0 Å². The molecule has 2 aromatic rings. The number of nitrogens with two attached hydrogens (primary N) is 2. The Morgan fingerprint density at radius 1 is 1.36 bits per heavy atom. The van der Waals surface area contributed by atoms with E-state index in [-0.39, 0.29) is 5.69 Å². The Kier molecular flexibility index (Phi) is 1.73. The second kappa shape index (κ2) is 2.80. The number of hydrogen-bond acceptors (Lipinski definition) is 3. The summed E-state index contributed by atoms with van der Waals surface area (Å²) in [7, 11) is 0. The maximum absolute atomic E-state index is 11.4. The minimum atomic E-state index is -0.132. The molecule has 5 N–H and O–H groups in total. The molecule has 1 aromatic carbocycles. The van der Waals surface area contributed by atoms with Crippen LogP contribution in [0.5, 0.6) is 0 Å². The molecule has 0 radical (unpaired) electrons. The number of rotatable bonds is 1. The molecule has 0 unspecified atom stereocenters. The van der Waals surface area contributed by atoms with Crippen molar-refractivity contribution in [3.8, 4) is 0 Å². The average molecular weight is 192 g/mol. The molecular formula is C9H12N4O. The maximum Gasteiger partial charge on any atom is 0.326 e. The highest BCUT2D eigenvalue weighted by Gasteiger charge is 2.06. The van der Waals surface area contributed by atoms with Crippen LogP contribution in [0.25, 0.3) is 11.0 Å². The predicted molar refractivity (Wildman–Crippen MR) is 57.1 cm³/mol. The van der Waals surface area contributed by atoms with Crippen molar-refractivity contribution >= 4 is 22.4 Å². The van der Waals surface area contributed by atoms with E-state index in [9.17, 15) is 4.79 Å². The predicted octanol–water partition coefficient (Wildman–Crippen LogP) is 0.514. The third-order valence-electron chi connectivity index (χ3n) is 2.30. The summed E-state index contributed by atoms with van der Waals surface area (Å²) < 4.78 is 1.62. The van der Waals surface area contributed by atoms with Gasteiger partial charge < -0.3 is 16.5 Å². The van der Waals surface area contributed by atoms with Crippen molar-refractivity contribution in [3.63, 3.8) is 0 Å². The molecule has 0 aliphatic rings. The minimum Gasteiger partial charge on any atom is -0.397 e. The van der Waals surface area contributed by atoms with Crippen LogP contribution in [0.15, 0.2) is 16.9 Å². The molecule has 0 amide bonds. The smallest absolute Gasteiger partial charge is 0.326 e. The lowest BCUT2D eigenvalue weighted by Gasteiger charge is -2.01. The summed E-state index contributed by atoms with van der Waals surface area (Å²) in [5.41, 5.74) is 13.7. The molecule has 0 saturated heterocycles. The van der Waals surface area contributed by atoms with Crippen LogP contribution in [0, 0.1) is 0 Å². The van der Waals surface area contributed by atoms with Crippen molar-refractivity contribution in [1.82, 2.24) is 9.55 Å². The number of benzene rings is 1. The van der Waals surface area contributed by atoms with Crippen molar-refractivity contribution < 1.29 is 0 Å². The van der Waals surface area contributed by atoms with Gasteiger partial charge in [0.15, 0.2) is 0 Å². The van der Waals surface area contributed by atoms with E-state index in [0.717, 1.165) is 11.0 Å². The van der Waals surface area contributed by atoms with E-state index in [2.05, 4.69) is 4.98 Å². The molecule has 0 aliphatic heterocycles. The lowest BCUT2D eigenvalue weighted by atomic mass is 10.2. The van der Waals surface area contributed by atoms with Crippen LogP contribution < -0.4 is 17.2 Å². The number of nitrogen functional groups attached to an aromatic ring is 2. The largest absolute Gasteiger partial charge is 0.397 e. The van der Waals surface area contributed by atoms with Crippen molar-refractivity contribution in [2.75, 3.05) is 11.5 Å². The van der Waals surface area contributed by atoms with Crippen molar-refractivity contribution in [3.05, 3.63) is 22.6 Å². The molecule has 5 heteroatoms. The first-order valence-electron chi connectivity index (χ1n) is 4.41. The maximum atomic E-state index is 11.4. The van der Waals surface area contributed by atoms with Crippen molar-refractivity contribution in [2.24, 2.45) is 0 Å². The highest BCUT2D eigenvalue weighted by Crippen LogP contribution is 2.21. The third-order valence-corrected chi connectivity index (χ3v) is 2.30. The lowest BCUT2D eigenvalue weighted by Crippen LogP contribution is -2.14. The topological polar surface area (TPSA) is 89.8 Å². The second-order valence-electron chi connectivity index (χ2n) is 3.17. The normalized spacial score (nSPS) is 10.9. The van der Waals surface area contributed by atoms with Gasteiger partial charge in [0, 0.05) is 6.54 Å². The summed E-state index contributed by atoms with van der Waals surface area (Å²) in [6.07, 6.45) is 0. The molecule has 74 valence electrons. The SMILES string of the molecule is CCn1c(=O)[nH]c2cc(N)c(N)cc21. The molecule has 14 heavy (non-hydrogen) atoms. The van der Waals surface area contributed by atoms with Gasteiger partial charge in [-0.3, -0.25) is 4.57 Å². The van der Waals surface area contributed by atoms with Gasteiger partial charge in [-0.15, -0.1) is 0 Å². The highest BCUT2D eigenvalue weighted by atomic mass is 16.1. The Morgan fingerprint density at radius 3 is 2.64 bits per heavy atom. The van der Waals surface area contributed by atoms with E-state index in [1.54, 1.807) is 16.7 Å². The van der Waals surface area contributed by atoms with E-state index in [0.29, 0.717) is 17.9 Å². The highest BCUT2D eigenvalue weighted by molar-refractivity contribution is 5.85. The summed E-state index contributed by atoms with van der Waals surface area (Å²) >= 11 is 0. The quantitative estimate of drug-likeness (QED) is 0.575. The number of nitrogens with one attached hydrogen (secondary N) is 1. The minimum absolute atomic E-state index is 0.132. The van der Waals surface area contributed by atoms with Crippen LogP contribution in [0.4, 0.5) is 11.4 Å². The Labute approximate surface area is 80.3 Å². The van der Waals surface area contributed by atoms with Crippen molar-refractivity contribution in [2.45, 2.75) is 13.5 Å². The monoisotopic (exact) mass is 192 g/mol. The van der Waals surface area contributed by atoms with Gasteiger partial charge in [0.2, 0.25) is 0 Å². The van der Waals surface area contributed by atoms with Gasteiger partial charge in [0.25, 0.3) is 0 Å². The molecule has 0 spiro atoms. The number of aromatic amines is 1. The molecule has 5 nitrogen and oxygen atoms in total. The average Bonchev–Trinajstić information content (AvgIpc) is 2.42. The number of hydrogen-bond donors (Lipinski definition) is 3. The number of aryl methyl sites for hydroxylation is 1. The number of aromatic nitrogens is 2. The molecule has 1 aromatic heterocycles. The van der Waals surface area contributed by atoms with E-state index in [4.69, 9.17) is 11.5 Å². The molecular weight excluding hydrogens is 180 g/mol. The van der Waals surface area contributed by atoms with Crippen LogP contribution >= 0.6 is 0 Å². The summed E-state index contributed by atoms with van der Waals surface area (Å²) in [5, 5.41) is 0. The fourth-order valence-electron chi connectivity index (χ4n) is 1.55. The third kappa shape index (κ3) is 1.06. The lowest BCUT2D eigenvalue weighted by molar-refractivity contribution is 0.753. The number of H-pyrrole nitrogens is 1. The Balaban J connectivity index is 2.89. The van der Waals surface area contributed by atoms with Crippen molar-refractivity contribution in [1.29, 1.82) is 0 Å². The van der Waals surface area contributed by atoms with Crippen LogP contribution in [-0.2, 0) is 6.54 Å².